The predicted molar refractivity (Wildman–Crippen MR) is 112 cm³/mol. The lowest BCUT2D eigenvalue weighted by molar-refractivity contribution is 0.0695. The molecule has 0 saturated heterocycles. The molecule has 1 heterocycles. The third kappa shape index (κ3) is 3.77. The molecule has 5 nitrogen and oxygen atoms in total. The number of carbonyl (C=O) groups is 1. The number of halogens is 2. The SMILES string of the molecule is O=C(O)c1cn(Cc2ccccc2F)c2ccc(Cc3ccccc3F)c(O)c2c1=O. The number of phenols is 1. The molecule has 2 N–H and O–H groups in total. The molecule has 0 unspecified atom stereocenters. The van der Waals surface area contributed by atoms with Crippen LogP contribution in [0.3, 0.4) is 0 Å². The second-order valence-electron chi connectivity index (χ2n) is 7.13. The molecule has 0 aliphatic carbocycles. The van der Waals surface area contributed by atoms with Gasteiger partial charge in [0.15, 0.2) is 0 Å². The van der Waals surface area contributed by atoms with Crippen molar-refractivity contribution in [2.45, 2.75) is 13.0 Å². The molecule has 0 atom stereocenters. The van der Waals surface area contributed by atoms with Crippen LogP contribution in [-0.4, -0.2) is 20.7 Å². The summed E-state index contributed by atoms with van der Waals surface area (Å²) in [4.78, 5) is 24.5. The summed E-state index contributed by atoms with van der Waals surface area (Å²) in [6, 6.07) is 15.1. The number of aromatic carboxylic acids is 1. The van der Waals surface area contributed by atoms with Gasteiger partial charge in [0.05, 0.1) is 17.4 Å². The second-order valence-corrected chi connectivity index (χ2v) is 7.13. The molecule has 0 fully saturated rings. The van der Waals surface area contributed by atoms with Crippen molar-refractivity contribution in [3.8, 4) is 5.75 Å². The molecule has 0 radical (unpaired) electrons. The summed E-state index contributed by atoms with van der Waals surface area (Å²) in [5, 5.41) is 20.1. The summed E-state index contributed by atoms with van der Waals surface area (Å²) in [5.74, 6) is -2.82. The highest BCUT2D eigenvalue weighted by molar-refractivity contribution is 5.95. The molecule has 0 bridgehead atoms. The molecular formula is C24H17F2NO4. The quantitative estimate of drug-likeness (QED) is 0.503. The Hall–Kier alpha value is -4.00. The van der Waals surface area contributed by atoms with Crippen molar-refractivity contribution in [3.63, 3.8) is 0 Å². The Balaban J connectivity index is 1.92. The first-order chi connectivity index (χ1) is 14.9. The van der Waals surface area contributed by atoms with Crippen LogP contribution in [0.2, 0.25) is 0 Å². The van der Waals surface area contributed by atoms with Crippen LogP contribution >= 0.6 is 0 Å². The minimum absolute atomic E-state index is 0.0124. The van der Waals surface area contributed by atoms with E-state index in [1.54, 1.807) is 42.5 Å². The van der Waals surface area contributed by atoms with E-state index in [2.05, 4.69) is 0 Å². The zero-order valence-electron chi connectivity index (χ0n) is 16.2. The molecule has 31 heavy (non-hydrogen) atoms. The molecule has 4 aromatic rings. The van der Waals surface area contributed by atoms with Crippen LogP contribution in [-0.2, 0) is 13.0 Å². The number of carboxylic acid groups (broad SMARTS) is 1. The number of fused-ring (bicyclic) bond motifs is 1. The van der Waals surface area contributed by atoms with E-state index in [4.69, 9.17) is 0 Å². The van der Waals surface area contributed by atoms with E-state index in [0.29, 0.717) is 11.1 Å². The maximum absolute atomic E-state index is 14.2. The van der Waals surface area contributed by atoms with E-state index in [0.717, 1.165) is 6.20 Å². The standard InChI is InChI=1S/C24H17F2NO4/c25-18-7-3-1-5-14(18)11-15-9-10-20-21(22(15)28)23(29)17(24(30)31)13-27(20)12-16-6-2-4-8-19(16)26/h1-10,13,28H,11-12H2,(H,30,31). The van der Waals surface area contributed by atoms with Crippen LogP contribution in [0.25, 0.3) is 10.9 Å². The van der Waals surface area contributed by atoms with Gasteiger partial charge in [0.1, 0.15) is 22.9 Å². The van der Waals surface area contributed by atoms with Crippen molar-refractivity contribution in [1.82, 2.24) is 4.57 Å². The topological polar surface area (TPSA) is 79.5 Å². The highest BCUT2D eigenvalue weighted by Gasteiger charge is 2.20. The Bertz CT molecular complexity index is 1380. The lowest BCUT2D eigenvalue weighted by Gasteiger charge is -2.15. The van der Waals surface area contributed by atoms with Crippen molar-refractivity contribution < 1.29 is 23.8 Å². The maximum Gasteiger partial charge on any atom is 0.341 e. The number of pyridine rings is 1. The Labute approximate surface area is 175 Å². The average molecular weight is 421 g/mol. The fourth-order valence-corrected chi connectivity index (χ4v) is 3.59. The molecule has 4 rings (SSSR count). The van der Waals surface area contributed by atoms with Gasteiger partial charge in [-0.15, -0.1) is 0 Å². The van der Waals surface area contributed by atoms with Crippen molar-refractivity contribution in [2.24, 2.45) is 0 Å². The number of hydrogen-bond donors (Lipinski definition) is 2. The molecule has 0 amide bonds. The largest absolute Gasteiger partial charge is 0.507 e. The molecule has 0 spiro atoms. The van der Waals surface area contributed by atoms with Crippen LogP contribution in [0.15, 0.2) is 71.7 Å². The molecule has 0 aliphatic heterocycles. The van der Waals surface area contributed by atoms with Crippen molar-refractivity contribution in [1.29, 1.82) is 0 Å². The Morgan fingerprint density at radius 3 is 2.10 bits per heavy atom. The van der Waals surface area contributed by atoms with E-state index in [1.165, 1.54) is 22.8 Å². The fourth-order valence-electron chi connectivity index (χ4n) is 3.59. The first kappa shape index (κ1) is 20.3. The molecule has 156 valence electrons. The number of benzene rings is 3. The number of nitrogens with zero attached hydrogens (tertiary/aromatic N) is 1. The Kier molecular flexibility index (Phi) is 5.25. The third-order valence-electron chi connectivity index (χ3n) is 5.17. The lowest BCUT2D eigenvalue weighted by Crippen LogP contribution is -2.20. The summed E-state index contributed by atoms with van der Waals surface area (Å²) in [6.45, 7) is -0.0458. The molecule has 3 aromatic carbocycles. The highest BCUT2D eigenvalue weighted by atomic mass is 19.1. The summed E-state index contributed by atoms with van der Waals surface area (Å²) >= 11 is 0. The van der Waals surface area contributed by atoms with Crippen molar-refractivity contribution >= 4 is 16.9 Å². The summed E-state index contributed by atoms with van der Waals surface area (Å²) in [7, 11) is 0. The zero-order chi connectivity index (χ0) is 22.1. The highest BCUT2D eigenvalue weighted by Crippen LogP contribution is 2.30. The minimum Gasteiger partial charge on any atom is -0.507 e. The second kappa shape index (κ2) is 8.02. The summed E-state index contributed by atoms with van der Waals surface area (Å²) in [6.07, 6.45) is 1.15. The Morgan fingerprint density at radius 2 is 1.48 bits per heavy atom. The number of rotatable bonds is 5. The Morgan fingerprint density at radius 1 is 0.871 bits per heavy atom. The number of phenolic OH excluding ortho intramolecular Hbond substituents is 1. The van der Waals surface area contributed by atoms with Crippen molar-refractivity contribution in [3.05, 3.63) is 111 Å². The van der Waals surface area contributed by atoms with Gasteiger partial charge in [0.2, 0.25) is 5.43 Å². The van der Waals surface area contributed by atoms with E-state index < -0.39 is 34.3 Å². The fraction of sp³-hybridized carbons (Fsp3) is 0.0833. The van der Waals surface area contributed by atoms with Crippen LogP contribution in [0.1, 0.15) is 27.0 Å². The van der Waals surface area contributed by atoms with Crippen LogP contribution in [0, 0.1) is 11.6 Å². The number of aromatic nitrogens is 1. The van der Waals surface area contributed by atoms with Gasteiger partial charge in [0.25, 0.3) is 0 Å². The zero-order valence-corrected chi connectivity index (χ0v) is 16.2. The van der Waals surface area contributed by atoms with Crippen LogP contribution < -0.4 is 5.43 Å². The van der Waals surface area contributed by atoms with Gasteiger partial charge >= 0.3 is 5.97 Å². The summed E-state index contributed by atoms with van der Waals surface area (Å²) < 4.78 is 29.6. The van der Waals surface area contributed by atoms with E-state index in [1.807, 2.05) is 0 Å². The van der Waals surface area contributed by atoms with E-state index in [9.17, 15) is 28.6 Å². The van der Waals surface area contributed by atoms with Gasteiger partial charge in [-0.2, -0.15) is 0 Å². The van der Waals surface area contributed by atoms with Gasteiger partial charge < -0.3 is 14.8 Å². The first-order valence-corrected chi connectivity index (χ1v) is 9.45. The maximum atomic E-state index is 14.2. The lowest BCUT2D eigenvalue weighted by atomic mass is 9.99. The minimum atomic E-state index is -1.46. The number of hydrogen-bond acceptors (Lipinski definition) is 3. The predicted octanol–water partition coefficient (Wildman–Crippen LogP) is 4.32. The first-order valence-electron chi connectivity index (χ1n) is 9.45. The van der Waals surface area contributed by atoms with Crippen LogP contribution in [0.5, 0.6) is 5.75 Å². The van der Waals surface area contributed by atoms with Gasteiger partial charge in [-0.25, -0.2) is 13.6 Å². The van der Waals surface area contributed by atoms with E-state index in [-0.39, 0.29) is 29.4 Å². The normalized spacial score (nSPS) is 11.0. The molecule has 7 heteroatoms. The molecular weight excluding hydrogens is 404 g/mol. The molecule has 1 aromatic heterocycles. The monoisotopic (exact) mass is 421 g/mol. The number of carboxylic acids is 1. The average Bonchev–Trinajstić information content (AvgIpc) is 2.74. The van der Waals surface area contributed by atoms with Crippen molar-refractivity contribution in [2.75, 3.05) is 0 Å². The van der Waals surface area contributed by atoms with Crippen LogP contribution in [0.4, 0.5) is 8.78 Å². The van der Waals surface area contributed by atoms with E-state index >= 15 is 0 Å². The van der Waals surface area contributed by atoms with Gasteiger partial charge in [-0.3, -0.25) is 4.79 Å². The molecule has 0 saturated carbocycles. The third-order valence-corrected chi connectivity index (χ3v) is 5.17. The smallest absolute Gasteiger partial charge is 0.341 e. The van der Waals surface area contributed by atoms with Gasteiger partial charge in [-0.05, 0) is 29.3 Å². The summed E-state index contributed by atoms with van der Waals surface area (Å²) in [5.41, 5.74) is -0.290. The van der Waals surface area contributed by atoms with Gasteiger partial charge in [0, 0.05) is 18.2 Å². The molecule has 0 aliphatic rings. The number of aromatic hydroxyl groups is 1. The van der Waals surface area contributed by atoms with Gasteiger partial charge in [-0.1, -0.05) is 42.5 Å².